The molecule has 34 heavy (non-hydrogen) atoms. The van der Waals surface area contributed by atoms with Crippen LogP contribution in [-0.4, -0.2) is 37.1 Å². The fourth-order valence-electron chi connectivity index (χ4n) is 4.03. The van der Waals surface area contributed by atoms with Crippen LogP contribution in [-0.2, 0) is 15.6 Å². The van der Waals surface area contributed by atoms with Crippen molar-refractivity contribution in [2.45, 2.75) is 20.4 Å². The molecule has 0 saturated heterocycles. The van der Waals surface area contributed by atoms with Gasteiger partial charge in [-0.05, 0) is 61.9 Å². The second kappa shape index (κ2) is 10.9. The summed E-state index contributed by atoms with van der Waals surface area (Å²) in [5.74, 6) is 1.03. The molecule has 0 radical (unpaired) electrons. The van der Waals surface area contributed by atoms with Gasteiger partial charge in [0.25, 0.3) is 0 Å². The van der Waals surface area contributed by atoms with E-state index in [1.165, 1.54) is 0 Å². The highest BCUT2D eigenvalue weighted by molar-refractivity contribution is 7.47. The third-order valence-electron chi connectivity index (χ3n) is 5.51. The molecule has 4 rings (SSSR count). The molecule has 7 nitrogen and oxygen atoms in total. The average molecular weight is 481 g/mol. The molecule has 0 spiro atoms. The molecule has 0 saturated carbocycles. The molecule has 0 unspecified atom stereocenters. The SMILES string of the molecule is CCOP(COc1ccc2c(c1)c1c(C(N)=O)cccc1n2Cc1ccc(OC)cc1)OCC. The van der Waals surface area contributed by atoms with E-state index in [1.807, 2.05) is 68.4 Å². The van der Waals surface area contributed by atoms with Crippen molar-refractivity contribution in [3.8, 4) is 11.5 Å². The molecule has 1 amide bonds. The molecule has 0 aliphatic rings. The van der Waals surface area contributed by atoms with Crippen molar-refractivity contribution in [3.63, 3.8) is 0 Å². The van der Waals surface area contributed by atoms with Crippen molar-refractivity contribution in [1.82, 2.24) is 4.57 Å². The molecule has 0 atom stereocenters. The summed E-state index contributed by atoms with van der Waals surface area (Å²) < 4.78 is 24.8. The number of amides is 1. The summed E-state index contributed by atoms with van der Waals surface area (Å²) >= 11 is 0. The number of primary amides is 1. The van der Waals surface area contributed by atoms with Crippen molar-refractivity contribution >= 4 is 36.1 Å². The molecule has 0 fully saturated rings. The number of nitrogens with zero attached hydrogens (tertiary/aromatic N) is 1. The number of ether oxygens (including phenoxy) is 2. The maximum Gasteiger partial charge on any atom is 0.249 e. The highest BCUT2D eigenvalue weighted by Gasteiger charge is 2.18. The van der Waals surface area contributed by atoms with E-state index in [4.69, 9.17) is 24.3 Å². The molecule has 0 aliphatic heterocycles. The van der Waals surface area contributed by atoms with E-state index in [0.29, 0.717) is 37.4 Å². The lowest BCUT2D eigenvalue weighted by molar-refractivity contribution is 0.100. The zero-order chi connectivity index (χ0) is 24.1. The highest BCUT2D eigenvalue weighted by Crippen LogP contribution is 2.39. The number of fused-ring (bicyclic) bond motifs is 3. The standard InChI is InChI=1S/C26H29N2O5P/c1-4-32-34(33-5-2)17-31-20-13-14-23-22(15-20)25-21(26(27)29)7-6-8-24(25)28(23)16-18-9-11-19(30-3)12-10-18/h6-15H,4-5,16-17H2,1-3H3,(H2,27,29). The molecular formula is C26H29N2O5P. The van der Waals surface area contributed by atoms with Gasteiger partial charge in [-0.2, -0.15) is 0 Å². The Kier molecular flexibility index (Phi) is 7.68. The van der Waals surface area contributed by atoms with E-state index in [2.05, 4.69) is 4.57 Å². The zero-order valence-corrected chi connectivity index (χ0v) is 20.5. The lowest BCUT2D eigenvalue weighted by atomic mass is 10.1. The topological polar surface area (TPSA) is 84.9 Å². The maximum absolute atomic E-state index is 12.3. The first-order valence-corrected chi connectivity index (χ1v) is 12.6. The van der Waals surface area contributed by atoms with Crippen molar-refractivity contribution in [2.75, 3.05) is 26.7 Å². The van der Waals surface area contributed by atoms with Gasteiger partial charge in [0.15, 0.2) is 6.35 Å². The van der Waals surface area contributed by atoms with Crippen molar-refractivity contribution in [1.29, 1.82) is 0 Å². The Morgan fingerprint density at radius 2 is 1.65 bits per heavy atom. The molecule has 2 N–H and O–H groups in total. The predicted molar refractivity (Wildman–Crippen MR) is 136 cm³/mol. The second-order valence-corrected chi connectivity index (χ2v) is 9.06. The first-order valence-electron chi connectivity index (χ1n) is 11.2. The maximum atomic E-state index is 12.3. The summed E-state index contributed by atoms with van der Waals surface area (Å²) in [6.45, 7) is 5.63. The van der Waals surface area contributed by atoms with Crippen molar-refractivity contribution in [2.24, 2.45) is 5.73 Å². The Hall–Kier alpha value is -3.12. The first-order chi connectivity index (χ1) is 16.5. The first kappa shape index (κ1) is 24.0. The summed E-state index contributed by atoms with van der Waals surface area (Å²) in [5, 5.41) is 1.73. The van der Waals surface area contributed by atoms with Gasteiger partial charge in [0.2, 0.25) is 14.3 Å². The Morgan fingerprint density at radius 1 is 0.941 bits per heavy atom. The van der Waals surface area contributed by atoms with Crippen LogP contribution in [0.15, 0.2) is 60.7 Å². The monoisotopic (exact) mass is 480 g/mol. The molecule has 8 heteroatoms. The van der Waals surface area contributed by atoms with Gasteiger partial charge in [0.05, 0.1) is 25.8 Å². The average Bonchev–Trinajstić information content (AvgIpc) is 3.16. The number of hydrogen-bond acceptors (Lipinski definition) is 5. The van der Waals surface area contributed by atoms with Gasteiger partial charge >= 0.3 is 0 Å². The lowest BCUT2D eigenvalue weighted by Crippen LogP contribution is -2.11. The second-order valence-electron chi connectivity index (χ2n) is 7.62. The van der Waals surface area contributed by atoms with Crippen LogP contribution >= 0.6 is 8.38 Å². The number of benzene rings is 3. The van der Waals surface area contributed by atoms with E-state index < -0.39 is 14.3 Å². The largest absolute Gasteiger partial charge is 0.497 e. The quantitative estimate of drug-likeness (QED) is 0.280. The summed E-state index contributed by atoms with van der Waals surface area (Å²) in [7, 11) is 0.529. The third kappa shape index (κ3) is 5.02. The predicted octanol–water partition coefficient (Wildman–Crippen LogP) is 5.67. The van der Waals surface area contributed by atoms with Crippen LogP contribution in [0.4, 0.5) is 0 Å². The molecule has 1 aromatic heterocycles. The third-order valence-corrected chi connectivity index (χ3v) is 6.94. The molecule has 1 heterocycles. The summed E-state index contributed by atoms with van der Waals surface area (Å²) in [6, 6.07) is 19.5. The van der Waals surface area contributed by atoms with Crippen LogP contribution in [0.2, 0.25) is 0 Å². The van der Waals surface area contributed by atoms with Crippen LogP contribution in [0.3, 0.4) is 0 Å². The Labute approximate surface area is 200 Å². The Morgan fingerprint density at radius 3 is 2.29 bits per heavy atom. The van der Waals surface area contributed by atoms with Crippen LogP contribution in [0.25, 0.3) is 21.8 Å². The fourth-order valence-corrected chi connectivity index (χ4v) is 5.09. The molecular weight excluding hydrogens is 451 g/mol. The van der Waals surface area contributed by atoms with Crippen molar-refractivity contribution < 1.29 is 23.3 Å². The number of carbonyl (C=O) groups excluding carboxylic acids is 1. The van der Waals surface area contributed by atoms with Gasteiger partial charge in [-0.3, -0.25) is 4.79 Å². The van der Waals surface area contributed by atoms with E-state index in [0.717, 1.165) is 33.1 Å². The van der Waals surface area contributed by atoms with Gasteiger partial charge in [-0.1, -0.05) is 18.2 Å². The van der Waals surface area contributed by atoms with Gasteiger partial charge in [0, 0.05) is 28.4 Å². The number of methoxy groups -OCH3 is 1. The van der Waals surface area contributed by atoms with Crippen LogP contribution < -0.4 is 15.2 Å². The van der Waals surface area contributed by atoms with Gasteiger partial charge in [-0.25, -0.2) is 0 Å². The van der Waals surface area contributed by atoms with E-state index in [-0.39, 0.29) is 0 Å². The number of carbonyl (C=O) groups is 1. The summed E-state index contributed by atoms with van der Waals surface area (Å²) in [4.78, 5) is 12.3. The normalized spacial score (nSPS) is 11.4. The van der Waals surface area contributed by atoms with E-state index in [9.17, 15) is 4.79 Å². The number of nitrogens with two attached hydrogens (primary N) is 1. The van der Waals surface area contributed by atoms with Gasteiger partial charge in [-0.15, -0.1) is 0 Å². The van der Waals surface area contributed by atoms with Crippen LogP contribution in [0, 0.1) is 0 Å². The molecule has 0 bridgehead atoms. The fraction of sp³-hybridized carbons (Fsp3) is 0.269. The Balaban J connectivity index is 1.77. The summed E-state index contributed by atoms with van der Waals surface area (Å²) in [5.41, 5.74) is 9.27. The summed E-state index contributed by atoms with van der Waals surface area (Å²) in [6.07, 6.45) is 0.329. The van der Waals surface area contributed by atoms with Crippen molar-refractivity contribution in [3.05, 3.63) is 71.8 Å². The molecule has 178 valence electrons. The van der Waals surface area contributed by atoms with E-state index >= 15 is 0 Å². The minimum Gasteiger partial charge on any atom is -0.497 e. The number of hydrogen-bond donors (Lipinski definition) is 1. The lowest BCUT2D eigenvalue weighted by Gasteiger charge is -2.16. The van der Waals surface area contributed by atoms with Gasteiger partial charge < -0.3 is 28.8 Å². The van der Waals surface area contributed by atoms with E-state index in [1.54, 1.807) is 13.2 Å². The molecule has 4 aromatic rings. The molecule has 3 aromatic carbocycles. The van der Waals surface area contributed by atoms with Crippen LogP contribution in [0.5, 0.6) is 11.5 Å². The number of rotatable bonds is 11. The minimum absolute atomic E-state index is 0.329. The number of aromatic nitrogens is 1. The van der Waals surface area contributed by atoms with Crippen LogP contribution in [0.1, 0.15) is 29.8 Å². The zero-order valence-electron chi connectivity index (χ0n) is 19.6. The smallest absolute Gasteiger partial charge is 0.249 e. The van der Waals surface area contributed by atoms with Gasteiger partial charge in [0.1, 0.15) is 11.5 Å². The molecule has 0 aliphatic carbocycles. The highest BCUT2D eigenvalue weighted by atomic mass is 31.2. The minimum atomic E-state index is -1.12. The Bertz CT molecular complexity index is 1280.